The second-order valence-electron chi connectivity index (χ2n) is 19.7. The number of rotatable bonds is 18. The summed E-state index contributed by atoms with van der Waals surface area (Å²) >= 11 is 0. The van der Waals surface area contributed by atoms with Crippen LogP contribution in [0, 0.1) is 5.92 Å². The van der Waals surface area contributed by atoms with Gasteiger partial charge in [0.2, 0.25) is 29.5 Å². The molecule has 18 heteroatoms. The number of benzene rings is 2. The zero-order valence-corrected chi connectivity index (χ0v) is 42.8. The van der Waals surface area contributed by atoms with E-state index in [0.717, 1.165) is 54.2 Å². The van der Waals surface area contributed by atoms with Gasteiger partial charge < -0.3 is 56.3 Å². The highest BCUT2D eigenvalue weighted by Gasteiger charge is 2.30. The Kier molecular flexibility index (Phi) is 22.4. The first kappa shape index (κ1) is 56.5. The van der Waals surface area contributed by atoms with Crippen molar-refractivity contribution in [1.82, 2.24) is 46.4 Å². The van der Waals surface area contributed by atoms with E-state index in [1.807, 2.05) is 98.2 Å². The van der Waals surface area contributed by atoms with Gasteiger partial charge in [-0.25, -0.2) is 0 Å². The first-order chi connectivity index (χ1) is 34.5. The van der Waals surface area contributed by atoms with Gasteiger partial charge in [0, 0.05) is 122 Å². The van der Waals surface area contributed by atoms with Crippen LogP contribution in [-0.2, 0) is 52.5 Å². The van der Waals surface area contributed by atoms with Crippen LogP contribution in [0.15, 0.2) is 60.9 Å². The van der Waals surface area contributed by atoms with Crippen LogP contribution >= 0.6 is 0 Å². The Labute approximate surface area is 422 Å². The summed E-state index contributed by atoms with van der Waals surface area (Å²) in [5, 5.41) is 32.7. The Hall–Kier alpha value is -6.40. The molecule has 8 N–H and O–H groups in total. The second kappa shape index (κ2) is 28.6. The van der Waals surface area contributed by atoms with E-state index in [1.54, 1.807) is 0 Å². The zero-order chi connectivity index (χ0) is 52.2. The Bertz CT molecular complexity index is 2330. The standard InChI is InChI=1S/C54H77N9O9/c1-35(64)20-21-38-30-51(68)60-46(44-34-63(5)48-19-9-7-17-42(44)48)32-53(70)61-45(43-33-62(4)47-18-8-6-16-41(43)47)31-52(69)59-39(22-23-54(71)72)29-50(67)57-37(15-11-13-25-56-3)28-40(65)26-36(27-49(66)58-38)14-10-12-24-55-2/h6-9,16-19,33-34,36-39,45-46,55-56H,10-15,20-32H2,1-5H3,(H,57,67)(H,58,66)(H,59,69)(H,60,68)(H,61,70)(H,71,72). The second-order valence-corrected chi connectivity index (χ2v) is 19.7. The predicted molar refractivity (Wildman–Crippen MR) is 277 cm³/mol. The first-order valence-electron chi connectivity index (χ1n) is 25.6. The number of fused-ring (bicyclic) bond motifs is 2. The number of aromatic nitrogens is 2. The van der Waals surface area contributed by atoms with Crippen molar-refractivity contribution >= 4 is 68.9 Å². The molecule has 5 rings (SSSR count). The number of nitrogens with one attached hydrogen (secondary N) is 7. The molecule has 18 nitrogen and oxygen atoms in total. The van der Waals surface area contributed by atoms with Crippen LogP contribution in [0.3, 0.4) is 0 Å². The maximum atomic E-state index is 14.6. The summed E-state index contributed by atoms with van der Waals surface area (Å²) in [4.78, 5) is 109. The number of aryl methyl sites for hydroxylation is 2. The number of hydrogen-bond donors (Lipinski definition) is 8. The normalized spacial score (nSPS) is 21.8. The third-order valence-electron chi connectivity index (χ3n) is 13.5. The number of aliphatic carboxylic acids is 1. The number of Topliss-reactive ketones (excluding diaryl/α,β-unsaturated/α-hetero) is 2. The molecule has 4 aromatic rings. The minimum atomic E-state index is -1.10. The van der Waals surface area contributed by atoms with E-state index in [1.165, 1.54) is 6.92 Å². The van der Waals surface area contributed by atoms with Gasteiger partial charge >= 0.3 is 5.97 Å². The van der Waals surface area contributed by atoms with Crippen molar-refractivity contribution in [3.8, 4) is 0 Å². The van der Waals surface area contributed by atoms with E-state index in [2.05, 4.69) is 37.2 Å². The van der Waals surface area contributed by atoms with Gasteiger partial charge in [-0.2, -0.15) is 0 Å². The topological polar surface area (TPSA) is 251 Å². The fraction of sp³-hybridized carbons (Fsp3) is 0.556. The summed E-state index contributed by atoms with van der Waals surface area (Å²) in [6.07, 6.45) is 6.93. The van der Waals surface area contributed by atoms with E-state index in [4.69, 9.17) is 0 Å². The number of ketones is 2. The Morgan fingerprint density at radius 2 is 0.972 bits per heavy atom. The molecule has 2 aromatic carbocycles. The minimum Gasteiger partial charge on any atom is -0.481 e. The fourth-order valence-corrected chi connectivity index (χ4v) is 9.96. The summed E-state index contributed by atoms with van der Waals surface area (Å²) < 4.78 is 3.80. The van der Waals surface area contributed by atoms with Gasteiger partial charge in [-0.05, 0) is 90.7 Å². The summed E-state index contributed by atoms with van der Waals surface area (Å²) in [6, 6.07) is 11.2. The van der Waals surface area contributed by atoms with Crippen molar-refractivity contribution in [3.63, 3.8) is 0 Å². The van der Waals surface area contributed by atoms with Gasteiger partial charge in [-0.1, -0.05) is 49.2 Å². The van der Waals surface area contributed by atoms with Gasteiger partial charge in [0.25, 0.3) is 0 Å². The Balaban J connectivity index is 1.54. The summed E-state index contributed by atoms with van der Waals surface area (Å²) in [5.74, 6) is -3.94. The number of amides is 5. The van der Waals surface area contributed by atoms with Crippen LogP contribution in [-0.4, -0.2) is 107 Å². The molecule has 1 saturated heterocycles. The van der Waals surface area contributed by atoms with Crippen molar-refractivity contribution in [2.75, 3.05) is 27.2 Å². The van der Waals surface area contributed by atoms with Gasteiger partial charge in [-0.3, -0.25) is 33.6 Å². The van der Waals surface area contributed by atoms with Gasteiger partial charge in [0.15, 0.2) is 0 Å². The van der Waals surface area contributed by atoms with Crippen LogP contribution in [0.1, 0.15) is 139 Å². The Morgan fingerprint density at radius 3 is 1.47 bits per heavy atom. The number of carboxylic acids is 1. The number of carbonyl (C=O) groups excluding carboxylic acids is 7. The van der Waals surface area contributed by atoms with Gasteiger partial charge in [0.1, 0.15) is 11.6 Å². The molecule has 1 fully saturated rings. The smallest absolute Gasteiger partial charge is 0.303 e. The van der Waals surface area contributed by atoms with Crippen molar-refractivity contribution in [3.05, 3.63) is 72.1 Å². The number of para-hydroxylation sites is 2. The summed E-state index contributed by atoms with van der Waals surface area (Å²) in [5.41, 5.74) is 3.05. The summed E-state index contributed by atoms with van der Waals surface area (Å²) in [7, 11) is 7.43. The molecular weight excluding hydrogens is 919 g/mol. The van der Waals surface area contributed by atoms with Gasteiger partial charge in [0.05, 0.1) is 24.9 Å². The SMILES string of the molecule is CNCCCCC1CC(=O)CC(CCCCNC)NC(=O)CC(CCC(=O)O)NC(=O)CC(c2cn(C)c3ccccc23)NC(=O)CC(c2cn(C)c3ccccc23)NC(=O)CC(CCC(C)=O)NC(=O)C1. The lowest BCUT2D eigenvalue weighted by molar-refractivity contribution is -0.138. The van der Waals surface area contributed by atoms with E-state index in [0.29, 0.717) is 30.4 Å². The molecule has 392 valence electrons. The number of carboxylic acid groups (broad SMARTS) is 1. The number of hydrogen-bond acceptors (Lipinski definition) is 10. The lowest BCUT2D eigenvalue weighted by Gasteiger charge is -2.25. The van der Waals surface area contributed by atoms with E-state index in [9.17, 15) is 43.5 Å². The lowest BCUT2D eigenvalue weighted by atomic mass is 9.89. The zero-order valence-electron chi connectivity index (χ0n) is 42.8. The lowest BCUT2D eigenvalue weighted by Crippen LogP contribution is -2.44. The summed E-state index contributed by atoms with van der Waals surface area (Å²) in [6.45, 7) is 2.95. The molecule has 5 amide bonds. The molecular formula is C54H77N9O9. The van der Waals surface area contributed by atoms with Crippen LogP contribution < -0.4 is 37.2 Å². The van der Waals surface area contributed by atoms with Gasteiger partial charge in [-0.15, -0.1) is 0 Å². The van der Waals surface area contributed by atoms with Crippen LogP contribution in [0.2, 0.25) is 0 Å². The molecule has 2 aromatic heterocycles. The average Bonchev–Trinajstić information content (AvgIpc) is 3.85. The average molecular weight is 996 g/mol. The maximum absolute atomic E-state index is 14.6. The molecule has 6 unspecified atom stereocenters. The highest BCUT2D eigenvalue weighted by Crippen LogP contribution is 2.31. The quantitative estimate of drug-likeness (QED) is 0.0611. The molecule has 0 saturated carbocycles. The van der Waals surface area contributed by atoms with Crippen molar-refractivity contribution in [2.24, 2.45) is 20.0 Å². The molecule has 0 aliphatic carbocycles. The van der Waals surface area contributed by atoms with Crippen molar-refractivity contribution in [1.29, 1.82) is 0 Å². The molecule has 0 radical (unpaired) electrons. The molecule has 0 spiro atoms. The van der Waals surface area contributed by atoms with Crippen LogP contribution in [0.5, 0.6) is 0 Å². The molecule has 6 atom stereocenters. The third kappa shape index (κ3) is 18.0. The first-order valence-corrected chi connectivity index (χ1v) is 25.6. The fourth-order valence-electron chi connectivity index (χ4n) is 9.96. The highest BCUT2D eigenvalue weighted by atomic mass is 16.4. The van der Waals surface area contributed by atoms with E-state index >= 15 is 0 Å². The molecule has 1 aliphatic rings. The number of nitrogens with zero attached hydrogens (tertiary/aromatic N) is 2. The van der Waals surface area contributed by atoms with Crippen LogP contribution in [0.25, 0.3) is 21.8 Å². The Morgan fingerprint density at radius 1 is 0.542 bits per heavy atom. The molecule has 72 heavy (non-hydrogen) atoms. The molecule has 3 heterocycles. The number of carbonyl (C=O) groups is 8. The van der Waals surface area contributed by atoms with Crippen molar-refractivity contribution in [2.45, 2.75) is 146 Å². The predicted octanol–water partition coefficient (Wildman–Crippen LogP) is 5.08. The van der Waals surface area contributed by atoms with E-state index < -0.39 is 59.8 Å². The highest BCUT2D eigenvalue weighted by molar-refractivity contribution is 5.90. The molecule has 1 aliphatic heterocycles. The van der Waals surface area contributed by atoms with Crippen molar-refractivity contribution < 1.29 is 43.5 Å². The minimum absolute atomic E-state index is 0.00427. The number of unbranched alkanes of at least 4 members (excludes halogenated alkanes) is 2. The maximum Gasteiger partial charge on any atom is 0.303 e. The molecule has 0 bridgehead atoms. The largest absolute Gasteiger partial charge is 0.481 e. The van der Waals surface area contributed by atoms with E-state index in [-0.39, 0.29) is 94.0 Å². The van der Waals surface area contributed by atoms with Crippen LogP contribution in [0.4, 0.5) is 0 Å². The monoisotopic (exact) mass is 996 g/mol. The third-order valence-corrected chi connectivity index (χ3v) is 13.5.